The third-order valence-corrected chi connectivity index (χ3v) is 6.08. The van der Waals surface area contributed by atoms with Crippen molar-refractivity contribution in [2.24, 2.45) is 5.92 Å². The second kappa shape index (κ2) is 9.82. The number of amides is 1. The normalized spacial score (nSPS) is 14.6. The highest BCUT2D eigenvalue weighted by Crippen LogP contribution is 2.36. The summed E-state index contributed by atoms with van der Waals surface area (Å²) >= 11 is 1.29. The van der Waals surface area contributed by atoms with E-state index >= 15 is 0 Å². The maximum absolute atomic E-state index is 13.3. The van der Waals surface area contributed by atoms with Crippen LogP contribution in [-0.4, -0.2) is 18.5 Å². The van der Waals surface area contributed by atoms with Crippen LogP contribution in [0.2, 0.25) is 0 Å². The lowest BCUT2D eigenvalue weighted by Gasteiger charge is -2.20. The van der Waals surface area contributed by atoms with E-state index in [1.807, 2.05) is 0 Å². The van der Waals surface area contributed by atoms with E-state index in [0.717, 1.165) is 6.42 Å². The Kier molecular flexibility index (Phi) is 7.20. The lowest BCUT2D eigenvalue weighted by molar-refractivity contribution is -0.116. The zero-order valence-corrected chi connectivity index (χ0v) is 16.9. The van der Waals surface area contributed by atoms with Crippen LogP contribution in [0.25, 0.3) is 11.1 Å². The van der Waals surface area contributed by atoms with Crippen molar-refractivity contribution in [2.45, 2.75) is 51.9 Å². The Morgan fingerprint density at radius 3 is 2.57 bits per heavy atom. The fourth-order valence-electron chi connectivity index (χ4n) is 3.70. The van der Waals surface area contributed by atoms with Gasteiger partial charge < -0.3 is 10.1 Å². The number of carbonyl (C=O) groups excluding carboxylic acids is 2. The minimum Gasteiger partial charge on any atom is -0.462 e. The molecule has 2 aromatic rings. The van der Waals surface area contributed by atoms with Crippen LogP contribution in [0.15, 0.2) is 29.6 Å². The van der Waals surface area contributed by atoms with Gasteiger partial charge in [-0.05, 0) is 37.0 Å². The van der Waals surface area contributed by atoms with Crippen molar-refractivity contribution in [1.82, 2.24) is 0 Å². The molecule has 150 valence electrons. The lowest BCUT2D eigenvalue weighted by atomic mass is 9.86. The average Bonchev–Trinajstić information content (AvgIpc) is 3.11. The summed E-state index contributed by atoms with van der Waals surface area (Å²) < 4.78 is 18.4. The number of halogens is 1. The summed E-state index contributed by atoms with van der Waals surface area (Å²) in [7, 11) is 0. The van der Waals surface area contributed by atoms with Gasteiger partial charge in [-0.2, -0.15) is 0 Å². The maximum atomic E-state index is 13.3. The van der Waals surface area contributed by atoms with Crippen molar-refractivity contribution < 1.29 is 18.7 Å². The van der Waals surface area contributed by atoms with Gasteiger partial charge in [-0.15, -0.1) is 11.3 Å². The molecule has 0 unspecified atom stereocenters. The molecule has 0 spiro atoms. The summed E-state index contributed by atoms with van der Waals surface area (Å²) in [5.74, 6) is -0.274. The molecular formula is C22H26FNO3S. The Morgan fingerprint density at radius 2 is 1.89 bits per heavy atom. The monoisotopic (exact) mass is 403 g/mol. The van der Waals surface area contributed by atoms with Crippen LogP contribution >= 0.6 is 11.3 Å². The summed E-state index contributed by atoms with van der Waals surface area (Å²) in [5.41, 5.74) is 1.69. The molecule has 1 heterocycles. The van der Waals surface area contributed by atoms with Gasteiger partial charge in [0, 0.05) is 17.4 Å². The molecule has 0 radical (unpaired) electrons. The molecule has 0 aliphatic heterocycles. The van der Waals surface area contributed by atoms with Gasteiger partial charge in [-0.1, -0.05) is 44.2 Å². The van der Waals surface area contributed by atoms with Crippen LogP contribution in [0.3, 0.4) is 0 Å². The van der Waals surface area contributed by atoms with Crippen LogP contribution in [0.4, 0.5) is 9.39 Å². The lowest BCUT2D eigenvalue weighted by Crippen LogP contribution is -2.16. The van der Waals surface area contributed by atoms with Crippen LogP contribution < -0.4 is 5.32 Å². The number of esters is 1. The van der Waals surface area contributed by atoms with E-state index in [2.05, 4.69) is 5.32 Å². The first kappa shape index (κ1) is 20.5. The van der Waals surface area contributed by atoms with Gasteiger partial charge in [-0.25, -0.2) is 9.18 Å². The van der Waals surface area contributed by atoms with Gasteiger partial charge in [0.1, 0.15) is 16.4 Å². The number of rotatable bonds is 7. The molecule has 4 nitrogen and oxygen atoms in total. The van der Waals surface area contributed by atoms with Crippen molar-refractivity contribution in [3.8, 4) is 11.1 Å². The van der Waals surface area contributed by atoms with Gasteiger partial charge in [0.25, 0.3) is 0 Å². The molecule has 6 heteroatoms. The molecule has 0 saturated heterocycles. The average molecular weight is 404 g/mol. The number of carbonyl (C=O) groups is 2. The Morgan fingerprint density at radius 1 is 1.18 bits per heavy atom. The first-order valence-electron chi connectivity index (χ1n) is 9.93. The second-order valence-corrected chi connectivity index (χ2v) is 8.05. The number of hydrogen-bond donors (Lipinski definition) is 1. The van der Waals surface area contributed by atoms with Crippen LogP contribution in [0.1, 0.15) is 62.2 Å². The number of thiophene rings is 1. The van der Waals surface area contributed by atoms with E-state index in [1.54, 1.807) is 24.4 Å². The minimum atomic E-state index is -0.481. The zero-order chi connectivity index (χ0) is 19.9. The molecule has 1 aliphatic rings. The van der Waals surface area contributed by atoms with E-state index in [0.29, 0.717) is 34.0 Å². The highest BCUT2D eigenvalue weighted by atomic mass is 32.1. The van der Waals surface area contributed by atoms with E-state index in [4.69, 9.17) is 4.74 Å². The fraction of sp³-hybridized carbons (Fsp3) is 0.455. The minimum absolute atomic E-state index is 0.0800. The van der Waals surface area contributed by atoms with E-state index in [9.17, 15) is 14.0 Å². The van der Waals surface area contributed by atoms with Gasteiger partial charge in [-0.3, -0.25) is 4.79 Å². The molecule has 3 rings (SSSR count). The van der Waals surface area contributed by atoms with Crippen LogP contribution in [-0.2, 0) is 9.53 Å². The van der Waals surface area contributed by atoms with Crippen molar-refractivity contribution in [3.63, 3.8) is 0 Å². The number of nitrogens with one attached hydrogen (secondary N) is 1. The number of hydrogen-bond acceptors (Lipinski definition) is 4. The van der Waals surface area contributed by atoms with Gasteiger partial charge >= 0.3 is 5.97 Å². The highest BCUT2D eigenvalue weighted by molar-refractivity contribution is 7.15. The Hall–Kier alpha value is -2.21. The van der Waals surface area contributed by atoms with E-state index in [1.165, 1.54) is 55.6 Å². The summed E-state index contributed by atoms with van der Waals surface area (Å²) in [5, 5.41) is 5.19. The maximum Gasteiger partial charge on any atom is 0.341 e. The first-order valence-corrected chi connectivity index (χ1v) is 10.8. The largest absolute Gasteiger partial charge is 0.462 e. The predicted octanol–water partition coefficient (Wildman–Crippen LogP) is 6.03. The van der Waals surface area contributed by atoms with Crippen molar-refractivity contribution >= 4 is 28.2 Å². The zero-order valence-electron chi connectivity index (χ0n) is 16.1. The standard InChI is InChI=1S/C22H26FNO3S/c1-2-27-22(26)20-18(16-9-11-17(23)12-10-16)14-28-21(20)24-19(25)13-8-15-6-4-3-5-7-15/h9-12,14-15H,2-8,13H2,1H3,(H,24,25). The third-order valence-electron chi connectivity index (χ3n) is 5.18. The van der Waals surface area contributed by atoms with Crippen LogP contribution in [0, 0.1) is 11.7 Å². The number of benzene rings is 1. The molecule has 1 aliphatic carbocycles. The Balaban J connectivity index is 1.75. The van der Waals surface area contributed by atoms with Gasteiger partial charge in [0.15, 0.2) is 0 Å². The van der Waals surface area contributed by atoms with Gasteiger partial charge in [0.05, 0.1) is 6.61 Å². The molecular weight excluding hydrogens is 377 g/mol. The Labute approximate surface area is 169 Å². The quantitative estimate of drug-likeness (QED) is 0.574. The molecule has 1 fully saturated rings. The fourth-order valence-corrected chi connectivity index (χ4v) is 4.67. The highest BCUT2D eigenvalue weighted by Gasteiger charge is 2.23. The third kappa shape index (κ3) is 5.19. The number of ether oxygens (including phenoxy) is 1. The summed E-state index contributed by atoms with van der Waals surface area (Å²) in [6.07, 6.45) is 7.56. The molecule has 1 amide bonds. The predicted molar refractivity (Wildman–Crippen MR) is 110 cm³/mol. The SMILES string of the molecule is CCOC(=O)c1c(-c2ccc(F)cc2)csc1NC(=O)CCC1CCCCC1. The molecule has 0 atom stereocenters. The smallest absolute Gasteiger partial charge is 0.341 e. The molecule has 0 bridgehead atoms. The van der Waals surface area contributed by atoms with Crippen molar-refractivity contribution in [3.05, 3.63) is 41.0 Å². The number of anilines is 1. The summed E-state index contributed by atoms with van der Waals surface area (Å²) in [6, 6.07) is 5.94. The summed E-state index contributed by atoms with van der Waals surface area (Å²) in [6.45, 7) is 1.98. The second-order valence-electron chi connectivity index (χ2n) is 7.17. The summed E-state index contributed by atoms with van der Waals surface area (Å²) in [4.78, 5) is 25.0. The van der Waals surface area contributed by atoms with Gasteiger partial charge in [0.2, 0.25) is 5.91 Å². The molecule has 1 aromatic heterocycles. The van der Waals surface area contributed by atoms with Crippen molar-refractivity contribution in [2.75, 3.05) is 11.9 Å². The molecule has 28 heavy (non-hydrogen) atoms. The van der Waals surface area contributed by atoms with Crippen molar-refractivity contribution in [1.29, 1.82) is 0 Å². The Bertz CT molecular complexity index is 810. The molecule has 1 N–H and O–H groups in total. The molecule has 1 saturated carbocycles. The van der Waals surface area contributed by atoms with Crippen LogP contribution in [0.5, 0.6) is 0 Å². The molecule has 1 aromatic carbocycles. The van der Waals surface area contributed by atoms with E-state index < -0.39 is 5.97 Å². The van der Waals surface area contributed by atoms with E-state index in [-0.39, 0.29) is 18.3 Å². The topological polar surface area (TPSA) is 55.4 Å². The first-order chi connectivity index (χ1) is 13.6.